The normalized spacial score (nSPS) is 15.1. The molecule has 5 rings (SSSR count). The first-order valence-corrected chi connectivity index (χ1v) is 13.4. The Morgan fingerprint density at radius 3 is 2.43 bits per heavy atom. The van der Waals surface area contributed by atoms with Crippen LogP contribution in [0.1, 0.15) is 37.3 Å². The van der Waals surface area contributed by atoms with Gasteiger partial charge in [0.05, 0.1) is 16.6 Å². The summed E-state index contributed by atoms with van der Waals surface area (Å²) in [5.74, 6) is 0.567. The number of anilines is 2. The first-order valence-electron chi connectivity index (χ1n) is 11.9. The summed E-state index contributed by atoms with van der Waals surface area (Å²) in [6.07, 6.45) is 2.26. The van der Waals surface area contributed by atoms with Gasteiger partial charge >= 0.3 is 0 Å². The third-order valence-electron chi connectivity index (χ3n) is 6.40. The van der Waals surface area contributed by atoms with E-state index in [1.807, 2.05) is 37.3 Å². The van der Waals surface area contributed by atoms with Gasteiger partial charge in [-0.2, -0.15) is 4.98 Å². The quantitative estimate of drug-likeness (QED) is 0.296. The molecule has 1 aliphatic carbocycles. The van der Waals surface area contributed by atoms with Gasteiger partial charge in [-0.3, -0.25) is 9.52 Å². The first kappa shape index (κ1) is 24.7. The van der Waals surface area contributed by atoms with Crippen LogP contribution in [0.25, 0.3) is 11.4 Å². The van der Waals surface area contributed by atoms with Gasteiger partial charge in [-0.15, -0.1) is 0 Å². The molecule has 190 valence electrons. The topological polar surface area (TPSA) is 140 Å². The highest BCUT2D eigenvalue weighted by Gasteiger charge is 2.44. The molecule has 1 heterocycles. The van der Waals surface area contributed by atoms with E-state index in [2.05, 4.69) is 20.2 Å². The molecule has 3 aromatic carbocycles. The third kappa shape index (κ3) is 5.71. The molecule has 1 fully saturated rings. The summed E-state index contributed by atoms with van der Waals surface area (Å²) in [6.45, 7) is 1.91. The average Bonchev–Trinajstić information content (AvgIpc) is 3.45. The Balaban J connectivity index is 1.25. The van der Waals surface area contributed by atoms with Crippen LogP contribution in [0.5, 0.6) is 0 Å². The van der Waals surface area contributed by atoms with Gasteiger partial charge in [0.2, 0.25) is 17.6 Å². The predicted octanol–water partition coefficient (Wildman–Crippen LogP) is 4.52. The number of benzene rings is 3. The van der Waals surface area contributed by atoms with Gasteiger partial charge < -0.3 is 15.6 Å². The van der Waals surface area contributed by atoms with E-state index < -0.39 is 16.1 Å². The number of nitrogens with one attached hydrogen (secondary N) is 2. The van der Waals surface area contributed by atoms with E-state index in [4.69, 9.17) is 10.3 Å². The number of carbonyl (C=O) groups excluding carboxylic acids is 1. The van der Waals surface area contributed by atoms with Crippen molar-refractivity contribution in [3.8, 4) is 11.4 Å². The molecule has 1 atom stereocenters. The predicted molar refractivity (Wildman–Crippen MR) is 140 cm³/mol. The summed E-state index contributed by atoms with van der Waals surface area (Å²) in [5, 5.41) is 6.85. The minimum Gasteiger partial charge on any atom is -0.337 e. The van der Waals surface area contributed by atoms with E-state index in [9.17, 15) is 13.2 Å². The number of rotatable bonds is 9. The smallest absolute Gasteiger partial charge is 0.261 e. The van der Waals surface area contributed by atoms with Gasteiger partial charge in [0.1, 0.15) is 0 Å². The van der Waals surface area contributed by atoms with Gasteiger partial charge in [0, 0.05) is 16.7 Å². The Morgan fingerprint density at radius 2 is 1.73 bits per heavy atom. The SMILES string of the molecule is CC1(C(=O)Nc2cccc(NS(=O)(=O)c3ccc(-c4noc([C@@H](N)Cc5ccccc5)n4)cc3)c2)CC1. The fourth-order valence-electron chi connectivity index (χ4n) is 3.81. The second kappa shape index (κ2) is 9.79. The number of aromatic nitrogens is 2. The molecular formula is C27H27N5O4S. The number of hydrogen-bond donors (Lipinski definition) is 3. The van der Waals surface area contributed by atoms with Crippen molar-refractivity contribution in [1.82, 2.24) is 10.1 Å². The van der Waals surface area contributed by atoms with E-state index in [0.29, 0.717) is 35.1 Å². The van der Waals surface area contributed by atoms with Gasteiger partial charge in [-0.25, -0.2) is 8.42 Å². The summed E-state index contributed by atoms with van der Waals surface area (Å²) >= 11 is 0. The maximum absolute atomic E-state index is 13.0. The molecule has 1 aliphatic rings. The molecule has 1 amide bonds. The Morgan fingerprint density at radius 1 is 1.03 bits per heavy atom. The standard InChI is InChI=1S/C27H27N5O4S/c1-27(14-15-27)26(33)29-20-8-5-9-21(17-20)32-37(34,35)22-12-10-19(11-13-22)24-30-25(36-31-24)23(28)16-18-6-3-2-4-7-18/h2-13,17,23,32H,14-16,28H2,1H3,(H,29,33)/t23-/m0/s1. The van der Waals surface area contributed by atoms with E-state index in [-0.39, 0.29) is 16.2 Å². The second-order valence-electron chi connectivity index (χ2n) is 9.48. The lowest BCUT2D eigenvalue weighted by atomic mass is 10.1. The van der Waals surface area contributed by atoms with Crippen molar-refractivity contribution in [3.05, 3.63) is 90.3 Å². The minimum atomic E-state index is -3.86. The van der Waals surface area contributed by atoms with Crippen LogP contribution in [-0.4, -0.2) is 24.5 Å². The van der Waals surface area contributed by atoms with Crippen molar-refractivity contribution >= 4 is 27.3 Å². The van der Waals surface area contributed by atoms with Crippen molar-refractivity contribution in [1.29, 1.82) is 0 Å². The van der Waals surface area contributed by atoms with Crippen LogP contribution in [0.15, 0.2) is 88.3 Å². The zero-order valence-electron chi connectivity index (χ0n) is 20.2. The van der Waals surface area contributed by atoms with Crippen LogP contribution in [0.2, 0.25) is 0 Å². The average molecular weight is 518 g/mol. The number of nitrogens with two attached hydrogens (primary N) is 1. The first-order chi connectivity index (χ1) is 17.7. The molecule has 4 aromatic rings. The summed E-state index contributed by atoms with van der Waals surface area (Å²) in [6, 6.07) is 22.1. The van der Waals surface area contributed by atoms with Crippen molar-refractivity contribution in [2.45, 2.75) is 37.1 Å². The van der Waals surface area contributed by atoms with Crippen LogP contribution in [0.3, 0.4) is 0 Å². The molecule has 0 unspecified atom stereocenters. The number of nitrogens with zero attached hydrogens (tertiary/aromatic N) is 2. The van der Waals surface area contributed by atoms with Crippen molar-refractivity contribution in [2.75, 3.05) is 10.0 Å². The molecule has 9 nitrogen and oxygen atoms in total. The zero-order chi connectivity index (χ0) is 26.0. The number of carbonyl (C=O) groups is 1. The highest BCUT2D eigenvalue weighted by Crippen LogP contribution is 2.45. The number of sulfonamides is 1. The van der Waals surface area contributed by atoms with E-state index in [1.165, 1.54) is 12.1 Å². The van der Waals surface area contributed by atoms with Crippen molar-refractivity contribution in [2.24, 2.45) is 11.1 Å². The fourth-order valence-corrected chi connectivity index (χ4v) is 4.86. The summed E-state index contributed by atoms with van der Waals surface area (Å²) in [5.41, 5.74) is 8.43. The lowest BCUT2D eigenvalue weighted by Gasteiger charge is -2.12. The maximum atomic E-state index is 13.0. The van der Waals surface area contributed by atoms with Gasteiger partial charge in [0.25, 0.3) is 10.0 Å². The summed E-state index contributed by atoms with van der Waals surface area (Å²) in [4.78, 5) is 16.8. The van der Waals surface area contributed by atoms with E-state index in [1.54, 1.807) is 36.4 Å². The Hall–Kier alpha value is -4.02. The van der Waals surface area contributed by atoms with Gasteiger partial charge in [-0.1, -0.05) is 48.5 Å². The fraction of sp³-hybridized carbons (Fsp3) is 0.222. The van der Waals surface area contributed by atoms with E-state index >= 15 is 0 Å². The van der Waals surface area contributed by atoms with Gasteiger partial charge in [-0.05, 0) is 67.3 Å². The van der Waals surface area contributed by atoms with Crippen molar-refractivity contribution in [3.63, 3.8) is 0 Å². The highest BCUT2D eigenvalue weighted by molar-refractivity contribution is 7.92. The van der Waals surface area contributed by atoms with Crippen LogP contribution >= 0.6 is 0 Å². The Labute approximate surface area is 215 Å². The molecule has 1 saturated carbocycles. The number of amides is 1. The molecule has 0 radical (unpaired) electrons. The Kier molecular flexibility index (Phi) is 6.53. The molecule has 4 N–H and O–H groups in total. The van der Waals surface area contributed by atoms with Crippen LogP contribution in [-0.2, 0) is 21.2 Å². The molecule has 0 aliphatic heterocycles. The lowest BCUT2D eigenvalue weighted by Crippen LogP contribution is -2.21. The maximum Gasteiger partial charge on any atom is 0.261 e. The third-order valence-corrected chi connectivity index (χ3v) is 7.80. The molecule has 1 aromatic heterocycles. The van der Waals surface area contributed by atoms with Crippen LogP contribution in [0, 0.1) is 5.41 Å². The Bertz CT molecular complexity index is 1510. The molecule has 10 heteroatoms. The minimum absolute atomic E-state index is 0.0614. The highest BCUT2D eigenvalue weighted by atomic mass is 32.2. The molecule has 0 spiro atoms. The van der Waals surface area contributed by atoms with E-state index in [0.717, 1.165) is 18.4 Å². The zero-order valence-corrected chi connectivity index (χ0v) is 21.0. The monoisotopic (exact) mass is 517 g/mol. The molecule has 37 heavy (non-hydrogen) atoms. The molecule has 0 bridgehead atoms. The second-order valence-corrected chi connectivity index (χ2v) is 11.2. The largest absolute Gasteiger partial charge is 0.337 e. The number of hydrogen-bond acceptors (Lipinski definition) is 7. The van der Waals surface area contributed by atoms with Gasteiger partial charge in [0.15, 0.2) is 0 Å². The lowest BCUT2D eigenvalue weighted by molar-refractivity contribution is -0.120. The summed E-state index contributed by atoms with van der Waals surface area (Å²) in [7, 11) is -3.86. The van der Waals surface area contributed by atoms with Crippen LogP contribution < -0.4 is 15.8 Å². The van der Waals surface area contributed by atoms with Crippen LogP contribution in [0.4, 0.5) is 11.4 Å². The molecular weight excluding hydrogens is 490 g/mol. The van der Waals surface area contributed by atoms with Crippen molar-refractivity contribution < 1.29 is 17.7 Å². The summed E-state index contributed by atoms with van der Waals surface area (Å²) < 4.78 is 33.8. The molecule has 0 saturated heterocycles.